The average Bonchev–Trinajstić information content (AvgIpc) is 2.76. The van der Waals surface area contributed by atoms with Crippen molar-refractivity contribution >= 4 is 22.8 Å². The number of para-hydroxylation sites is 1. The van der Waals surface area contributed by atoms with Gasteiger partial charge in [0.15, 0.2) is 0 Å². The van der Waals surface area contributed by atoms with Gasteiger partial charge in [-0.05, 0) is 11.6 Å². The zero-order valence-electron chi connectivity index (χ0n) is 9.88. The predicted octanol–water partition coefficient (Wildman–Crippen LogP) is 1.06. The van der Waals surface area contributed by atoms with Gasteiger partial charge in [-0.15, -0.1) is 0 Å². The second-order valence-electron chi connectivity index (χ2n) is 4.57. The number of rotatable bonds is 2. The van der Waals surface area contributed by atoms with Crippen LogP contribution in [0.4, 0.5) is 0 Å². The van der Waals surface area contributed by atoms with Crippen molar-refractivity contribution < 1.29 is 19.8 Å². The second-order valence-corrected chi connectivity index (χ2v) is 4.57. The van der Waals surface area contributed by atoms with Gasteiger partial charge in [-0.2, -0.15) is 0 Å². The Balaban J connectivity index is 2.28. The molecule has 1 aliphatic heterocycles. The predicted molar refractivity (Wildman–Crippen MR) is 67.1 cm³/mol. The minimum atomic E-state index is -1.02. The zero-order valence-corrected chi connectivity index (χ0v) is 9.88. The Morgan fingerprint density at radius 3 is 2.58 bits per heavy atom. The Kier molecular flexibility index (Phi) is 2.53. The SMILES string of the molecule is O=C(O)C1CNC(C(=O)O)c2[nH]c3ccccc3c21. The maximum Gasteiger partial charge on any atom is 0.326 e. The van der Waals surface area contributed by atoms with Crippen LogP contribution in [0.15, 0.2) is 24.3 Å². The molecule has 1 aliphatic rings. The lowest BCUT2D eigenvalue weighted by Gasteiger charge is -2.25. The summed E-state index contributed by atoms with van der Waals surface area (Å²) in [5.41, 5.74) is 1.77. The lowest BCUT2D eigenvalue weighted by Crippen LogP contribution is -2.39. The average molecular weight is 260 g/mol. The van der Waals surface area contributed by atoms with Gasteiger partial charge in [0.05, 0.1) is 5.92 Å². The molecule has 0 spiro atoms. The lowest BCUT2D eigenvalue weighted by atomic mass is 9.89. The van der Waals surface area contributed by atoms with Crippen LogP contribution < -0.4 is 5.32 Å². The standard InChI is InChI=1S/C13H12N2O4/c16-12(17)7-5-14-11(13(18)19)10-9(7)6-3-1-2-4-8(6)15-10/h1-4,7,11,14-15H,5H2,(H,16,17)(H,18,19). The van der Waals surface area contributed by atoms with Crippen LogP contribution >= 0.6 is 0 Å². The first kappa shape index (κ1) is 11.7. The summed E-state index contributed by atoms with van der Waals surface area (Å²) in [6.45, 7) is 0.112. The number of fused-ring (bicyclic) bond motifs is 3. The summed E-state index contributed by atoms with van der Waals surface area (Å²) in [7, 11) is 0. The van der Waals surface area contributed by atoms with E-state index in [0.717, 1.165) is 10.9 Å². The number of aliphatic carboxylic acids is 2. The highest BCUT2D eigenvalue weighted by Gasteiger charge is 2.37. The smallest absolute Gasteiger partial charge is 0.326 e. The molecule has 98 valence electrons. The van der Waals surface area contributed by atoms with Gasteiger partial charge in [-0.3, -0.25) is 14.9 Å². The van der Waals surface area contributed by atoms with Gasteiger partial charge in [-0.25, -0.2) is 0 Å². The van der Waals surface area contributed by atoms with Crippen LogP contribution in [0.5, 0.6) is 0 Å². The number of hydrogen-bond acceptors (Lipinski definition) is 3. The first-order chi connectivity index (χ1) is 9.09. The molecular formula is C13H12N2O4. The molecule has 19 heavy (non-hydrogen) atoms. The fourth-order valence-electron chi connectivity index (χ4n) is 2.65. The molecule has 0 saturated heterocycles. The number of carboxylic acids is 2. The fraction of sp³-hybridized carbons (Fsp3) is 0.231. The molecule has 4 N–H and O–H groups in total. The van der Waals surface area contributed by atoms with E-state index in [2.05, 4.69) is 10.3 Å². The maximum atomic E-state index is 11.3. The maximum absolute atomic E-state index is 11.3. The highest BCUT2D eigenvalue weighted by Crippen LogP contribution is 2.36. The van der Waals surface area contributed by atoms with E-state index >= 15 is 0 Å². The third-order valence-electron chi connectivity index (χ3n) is 3.49. The van der Waals surface area contributed by atoms with Crippen LogP contribution in [0, 0.1) is 0 Å². The number of carbonyl (C=O) groups is 2. The molecule has 3 rings (SSSR count). The Hall–Kier alpha value is -2.34. The van der Waals surface area contributed by atoms with Crippen molar-refractivity contribution in [2.75, 3.05) is 6.54 Å². The first-order valence-electron chi connectivity index (χ1n) is 5.89. The van der Waals surface area contributed by atoms with E-state index in [-0.39, 0.29) is 6.54 Å². The summed E-state index contributed by atoms with van der Waals surface area (Å²) >= 11 is 0. The number of H-pyrrole nitrogens is 1. The van der Waals surface area contributed by atoms with Crippen molar-refractivity contribution in [1.29, 1.82) is 0 Å². The summed E-state index contributed by atoms with van der Waals surface area (Å²) in [4.78, 5) is 25.6. The van der Waals surface area contributed by atoms with Gasteiger partial charge in [0, 0.05) is 23.1 Å². The van der Waals surface area contributed by atoms with Crippen molar-refractivity contribution in [2.45, 2.75) is 12.0 Å². The van der Waals surface area contributed by atoms with Crippen LogP contribution in [0.1, 0.15) is 23.2 Å². The molecule has 0 amide bonds. The fourth-order valence-corrected chi connectivity index (χ4v) is 2.65. The molecule has 0 aliphatic carbocycles. The van der Waals surface area contributed by atoms with Crippen LogP contribution in [0.25, 0.3) is 10.9 Å². The highest BCUT2D eigenvalue weighted by atomic mass is 16.4. The van der Waals surface area contributed by atoms with Crippen molar-refractivity contribution in [1.82, 2.24) is 10.3 Å². The highest BCUT2D eigenvalue weighted by molar-refractivity contribution is 5.93. The molecule has 1 aromatic heterocycles. The van der Waals surface area contributed by atoms with Crippen LogP contribution in [0.3, 0.4) is 0 Å². The molecule has 0 bridgehead atoms. The molecular weight excluding hydrogens is 248 g/mol. The Morgan fingerprint density at radius 2 is 1.89 bits per heavy atom. The Labute approximate surface area is 108 Å². The summed E-state index contributed by atoms with van der Waals surface area (Å²) in [6, 6.07) is 6.37. The number of benzene rings is 1. The van der Waals surface area contributed by atoms with Crippen LogP contribution in [-0.4, -0.2) is 33.7 Å². The number of nitrogens with one attached hydrogen (secondary N) is 2. The molecule has 0 saturated carbocycles. The van der Waals surface area contributed by atoms with E-state index in [1.165, 1.54) is 0 Å². The number of hydrogen-bond donors (Lipinski definition) is 4. The molecule has 6 nitrogen and oxygen atoms in total. The Morgan fingerprint density at radius 1 is 1.16 bits per heavy atom. The molecule has 6 heteroatoms. The van der Waals surface area contributed by atoms with Gasteiger partial charge in [0.2, 0.25) is 0 Å². The number of aromatic amines is 1. The molecule has 1 aromatic carbocycles. The first-order valence-corrected chi connectivity index (χ1v) is 5.89. The van der Waals surface area contributed by atoms with Gasteiger partial charge < -0.3 is 15.2 Å². The van der Waals surface area contributed by atoms with Gasteiger partial charge in [0.1, 0.15) is 6.04 Å². The summed E-state index contributed by atoms with van der Waals surface area (Å²) in [5, 5.41) is 22.0. The second kappa shape index (κ2) is 4.10. The molecule has 2 atom stereocenters. The Bertz CT molecular complexity index is 676. The van der Waals surface area contributed by atoms with Gasteiger partial charge >= 0.3 is 11.9 Å². The van der Waals surface area contributed by atoms with Crippen LogP contribution in [-0.2, 0) is 9.59 Å². The van der Waals surface area contributed by atoms with Crippen molar-refractivity contribution in [3.05, 3.63) is 35.5 Å². The van der Waals surface area contributed by atoms with Crippen molar-refractivity contribution in [2.24, 2.45) is 0 Å². The largest absolute Gasteiger partial charge is 0.481 e. The normalized spacial score (nSPS) is 22.1. The quantitative estimate of drug-likeness (QED) is 0.646. The lowest BCUT2D eigenvalue weighted by molar-refractivity contribution is -0.142. The minimum absolute atomic E-state index is 0.112. The van der Waals surface area contributed by atoms with E-state index in [9.17, 15) is 19.8 Å². The van der Waals surface area contributed by atoms with E-state index < -0.39 is 23.9 Å². The number of carboxylic acid groups (broad SMARTS) is 2. The summed E-state index contributed by atoms with van der Waals surface area (Å²) in [6.07, 6.45) is 0. The van der Waals surface area contributed by atoms with Crippen molar-refractivity contribution in [3.8, 4) is 0 Å². The van der Waals surface area contributed by atoms with Crippen LogP contribution in [0.2, 0.25) is 0 Å². The molecule has 2 aromatic rings. The molecule has 2 unspecified atom stereocenters. The molecule has 2 heterocycles. The minimum Gasteiger partial charge on any atom is -0.481 e. The van der Waals surface area contributed by atoms with E-state index in [0.29, 0.717) is 11.3 Å². The van der Waals surface area contributed by atoms with Gasteiger partial charge in [-0.1, -0.05) is 18.2 Å². The summed E-state index contributed by atoms with van der Waals surface area (Å²) in [5.74, 6) is -2.71. The zero-order chi connectivity index (χ0) is 13.6. The van der Waals surface area contributed by atoms with E-state index in [1.807, 2.05) is 24.3 Å². The van der Waals surface area contributed by atoms with E-state index in [4.69, 9.17) is 0 Å². The third kappa shape index (κ3) is 1.68. The molecule has 0 fully saturated rings. The molecule has 0 radical (unpaired) electrons. The monoisotopic (exact) mass is 260 g/mol. The topological polar surface area (TPSA) is 102 Å². The third-order valence-corrected chi connectivity index (χ3v) is 3.49. The van der Waals surface area contributed by atoms with E-state index in [1.54, 1.807) is 0 Å². The van der Waals surface area contributed by atoms with Gasteiger partial charge in [0.25, 0.3) is 0 Å². The number of aromatic nitrogens is 1. The summed E-state index contributed by atoms with van der Waals surface area (Å²) < 4.78 is 0. The van der Waals surface area contributed by atoms with Crippen molar-refractivity contribution in [3.63, 3.8) is 0 Å².